The third kappa shape index (κ3) is 4.23. The van der Waals surface area contributed by atoms with Gasteiger partial charge in [0.2, 0.25) is 5.91 Å². The summed E-state index contributed by atoms with van der Waals surface area (Å²) in [5.74, 6) is -0.0248. The molecule has 0 saturated carbocycles. The molecule has 1 amide bonds. The van der Waals surface area contributed by atoms with Crippen LogP contribution in [-0.4, -0.2) is 47.6 Å². The van der Waals surface area contributed by atoms with Gasteiger partial charge in [-0.1, -0.05) is 29.8 Å². The summed E-state index contributed by atoms with van der Waals surface area (Å²) >= 11 is 6.02. The van der Waals surface area contributed by atoms with Crippen LogP contribution >= 0.6 is 11.6 Å². The van der Waals surface area contributed by atoms with Crippen LogP contribution in [0.15, 0.2) is 48.8 Å². The molecule has 2 heterocycles. The first-order chi connectivity index (χ1) is 12.5. The van der Waals surface area contributed by atoms with Crippen molar-refractivity contribution in [3.63, 3.8) is 0 Å². The number of carbonyl (C=O) groups is 1. The quantitative estimate of drug-likeness (QED) is 0.875. The lowest BCUT2D eigenvalue weighted by molar-refractivity contribution is -0.135. The average Bonchev–Trinajstić information content (AvgIpc) is 2.68. The van der Waals surface area contributed by atoms with Crippen LogP contribution in [0.25, 0.3) is 0 Å². The Hall–Kier alpha value is -1.95. The molecule has 0 unspecified atom stereocenters. The highest BCUT2D eigenvalue weighted by atomic mass is 35.5. The maximum atomic E-state index is 13.1. The molecule has 1 aliphatic rings. The van der Waals surface area contributed by atoms with Gasteiger partial charge in [-0.05, 0) is 43.2 Å². The fourth-order valence-electron chi connectivity index (χ4n) is 3.13. The van der Waals surface area contributed by atoms with Gasteiger partial charge in [0.1, 0.15) is 0 Å². The summed E-state index contributed by atoms with van der Waals surface area (Å²) in [6.07, 6.45) is 3.50. The minimum atomic E-state index is -0.628. The zero-order valence-corrected chi connectivity index (χ0v) is 15.9. The molecular weight excluding hydrogens is 350 g/mol. The molecule has 3 rings (SSSR count). The Labute approximate surface area is 159 Å². The number of aromatic nitrogens is 1. The normalized spacial score (nSPS) is 16.9. The number of benzene rings is 1. The number of morpholine rings is 1. The van der Waals surface area contributed by atoms with Gasteiger partial charge in [-0.15, -0.1) is 0 Å². The molecular formula is C20H24ClN3O2. The Morgan fingerprint density at radius 2 is 1.88 bits per heavy atom. The van der Waals surface area contributed by atoms with Crippen molar-refractivity contribution in [2.24, 2.45) is 0 Å². The van der Waals surface area contributed by atoms with Gasteiger partial charge in [0.15, 0.2) is 0 Å². The van der Waals surface area contributed by atoms with Crippen molar-refractivity contribution >= 4 is 17.5 Å². The number of carbonyl (C=O) groups excluding carboxylic acids is 1. The van der Waals surface area contributed by atoms with Gasteiger partial charge in [-0.25, -0.2) is 0 Å². The van der Waals surface area contributed by atoms with Crippen LogP contribution < -0.4 is 5.32 Å². The minimum Gasteiger partial charge on any atom is -0.379 e. The molecule has 6 heteroatoms. The second kappa shape index (κ2) is 8.16. The number of nitrogens with zero attached hydrogens (tertiary/aromatic N) is 2. The van der Waals surface area contributed by atoms with Gasteiger partial charge in [-0.3, -0.25) is 14.7 Å². The maximum Gasteiger partial charge on any atom is 0.240 e. The number of hydrogen-bond acceptors (Lipinski definition) is 4. The van der Waals surface area contributed by atoms with Gasteiger partial charge < -0.3 is 10.1 Å². The maximum absolute atomic E-state index is 13.1. The number of halogens is 1. The van der Waals surface area contributed by atoms with Crippen molar-refractivity contribution in [1.29, 1.82) is 0 Å². The van der Waals surface area contributed by atoms with E-state index >= 15 is 0 Å². The summed E-state index contributed by atoms with van der Waals surface area (Å²) in [6.45, 7) is 6.71. The summed E-state index contributed by atoms with van der Waals surface area (Å²) in [4.78, 5) is 19.5. The third-order valence-electron chi connectivity index (χ3n) is 4.85. The predicted molar refractivity (Wildman–Crippen MR) is 102 cm³/mol. The predicted octanol–water partition coefficient (Wildman–Crippen LogP) is 3.05. The summed E-state index contributed by atoms with van der Waals surface area (Å²) in [5.41, 5.74) is 1.27. The molecule has 1 aliphatic heterocycles. The van der Waals surface area contributed by atoms with Crippen LogP contribution in [0.2, 0.25) is 5.02 Å². The van der Waals surface area contributed by atoms with Crippen LogP contribution in [0, 0.1) is 0 Å². The van der Waals surface area contributed by atoms with Gasteiger partial charge in [0.05, 0.1) is 24.8 Å². The zero-order chi connectivity index (χ0) is 18.6. The van der Waals surface area contributed by atoms with E-state index in [0.29, 0.717) is 18.2 Å². The summed E-state index contributed by atoms with van der Waals surface area (Å²) in [5, 5.41) is 3.87. The molecule has 1 N–H and O–H groups in total. The molecule has 1 aromatic heterocycles. The second-order valence-electron chi connectivity index (χ2n) is 6.90. The SMILES string of the molecule is CC(C)(C(=O)N[C@H](c1ccc(Cl)cc1)c1cccnc1)N1CCOCC1. The monoisotopic (exact) mass is 373 g/mol. The Kier molecular flexibility index (Phi) is 5.91. The molecule has 1 aromatic carbocycles. The van der Waals surface area contributed by atoms with Crippen LogP contribution in [0.1, 0.15) is 31.0 Å². The topological polar surface area (TPSA) is 54.5 Å². The molecule has 1 atom stereocenters. The van der Waals surface area contributed by atoms with E-state index in [1.54, 1.807) is 12.4 Å². The van der Waals surface area contributed by atoms with Crippen molar-refractivity contribution < 1.29 is 9.53 Å². The smallest absolute Gasteiger partial charge is 0.240 e. The van der Waals surface area contributed by atoms with Crippen LogP contribution in [0.3, 0.4) is 0 Å². The lowest BCUT2D eigenvalue weighted by atomic mass is 9.96. The summed E-state index contributed by atoms with van der Waals surface area (Å²) < 4.78 is 5.41. The van der Waals surface area contributed by atoms with Crippen molar-refractivity contribution in [2.45, 2.75) is 25.4 Å². The standard InChI is InChI=1S/C20H24ClN3O2/c1-20(2,24-10-12-26-13-11-24)19(25)23-18(16-4-3-9-22-14-16)15-5-7-17(21)8-6-15/h3-9,14,18H,10-13H2,1-2H3,(H,23,25)/t18-/m1/s1. The van der Waals surface area contributed by atoms with Gasteiger partial charge >= 0.3 is 0 Å². The Balaban J connectivity index is 1.85. The first kappa shape index (κ1) is 18.8. The van der Waals surface area contributed by atoms with E-state index in [-0.39, 0.29) is 11.9 Å². The van der Waals surface area contributed by atoms with Gasteiger partial charge in [0.25, 0.3) is 0 Å². The Bertz CT molecular complexity index is 728. The lowest BCUT2D eigenvalue weighted by Gasteiger charge is -2.40. The fourth-order valence-corrected chi connectivity index (χ4v) is 3.26. The van der Waals surface area contributed by atoms with E-state index in [2.05, 4.69) is 15.2 Å². The zero-order valence-electron chi connectivity index (χ0n) is 15.1. The molecule has 5 nitrogen and oxygen atoms in total. The van der Waals surface area contributed by atoms with E-state index < -0.39 is 5.54 Å². The largest absolute Gasteiger partial charge is 0.379 e. The van der Waals surface area contributed by atoms with E-state index in [1.807, 2.05) is 50.2 Å². The molecule has 0 bridgehead atoms. The highest BCUT2D eigenvalue weighted by Crippen LogP contribution is 2.25. The number of rotatable bonds is 5. The third-order valence-corrected chi connectivity index (χ3v) is 5.11. The van der Waals surface area contributed by atoms with E-state index in [4.69, 9.17) is 16.3 Å². The molecule has 0 aliphatic carbocycles. The molecule has 0 radical (unpaired) electrons. The molecule has 1 fully saturated rings. The number of hydrogen-bond donors (Lipinski definition) is 1. The summed E-state index contributed by atoms with van der Waals surface area (Å²) in [7, 11) is 0. The first-order valence-electron chi connectivity index (χ1n) is 8.77. The second-order valence-corrected chi connectivity index (χ2v) is 7.34. The highest BCUT2D eigenvalue weighted by Gasteiger charge is 2.36. The van der Waals surface area contributed by atoms with E-state index in [0.717, 1.165) is 24.2 Å². The number of pyridine rings is 1. The van der Waals surface area contributed by atoms with Crippen LogP contribution in [-0.2, 0) is 9.53 Å². The fraction of sp³-hybridized carbons (Fsp3) is 0.400. The van der Waals surface area contributed by atoms with E-state index in [9.17, 15) is 4.79 Å². The van der Waals surface area contributed by atoms with Crippen molar-refractivity contribution in [3.8, 4) is 0 Å². The average molecular weight is 374 g/mol. The molecule has 138 valence electrons. The van der Waals surface area contributed by atoms with Crippen molar-refractivity contribution in [1.82, 2.24) is 15.2 Å². The van der Waals surface area contributed by atoms with E-state index in [1.165, 1.54) is 0 Å². The Morgan fingerprint density at radius 1 is 1.19 bits per heavy atom. The van der Waals surface area contributed by atoms with Gasteiger partial charge in [-0.2, -0.15) is 0 Å². The number of ether oxygens (including phenoxy) is 1. The van der Waals surface area contributed by atoms with Crippen LogP contribution in [0.4, 0.5) is 0 Å². The lowest BCUT2D eigenvalue weighted by Crippen LogP contribution is -2.58. The van der Waals surface area contributed by atoms with Gasteiger partial charge in [0, 0.05) is 30.5 Å². The number of nitrogens with one attached hydrogen (secondary N) is 1. The van der Waals surface area contributed by atoms with Crippen molar-refractivity contribution in [3.05, 3.63) is 64.9 Å². The Morgan fingerprint density at radius 3 is 2.50 bits per heavy atom. The molecule has 1 saturated heterocycles. The van der Waals surface area contributed by atoms with Crippen molar-refractivity contribution in [2.75, 3.05) is 26.3 Å². The number of amides is 1. The summed E-state index contributed by atoms with van der Waals surface area (Å²) in [6, 6.07) is 11.1. The molecule has 2 aromatic rings. The van der Waals surface area contributed by atoms with Crippen LogP contribution in [0.5, 0.6) is 0 Å². The highest BCUT2D eigenvalue weighted by molar-refractivity contribution is 6.30. The molecule has 0 spiro atoms. The first-order valence-corrected chi connectivity index (χ1v) is 9.15. The minimum absolute atomic E-state index is 0.0248. The molecule has 26 heavy (non-hydrogen) atoms.